The van der Waals surface area contributed by atoms with Gasteiger partial charge in [-0.1, -0.05) is 48.9 Å². The van der Waals surface area contributed by atoms with E-state index in [-0.39, 0.29) is 29.6 Å². The number of esters is 4. The molecule has 1 aromatic carbocycles. The summed E-state index contributed by atoms with van der Waals surface area (Å²) in [6, 6.07) is 8.22. The zero-order chi connectivity index (χ0) is 21.2. The van der Waals surface area contributed by atoms with Gasteiger partial charge in [0.25, 0.3) is 0 Å². The zero-order valence-electron chi connectivity index (χ0n) is 16.8. The van der Waals surface area contributed by atoms with Gasteiger partial charge in [0.15, 0.2) is 0 Å². The summed E-state index contributed by atoms with van der Waals surface area (Å²) in [6.07, 6.45) is 4.74. The van der Waals surface area contributed by atoms with E-state index in [1.807, 2.05) is 24.3 Å². The molecule has 5 aliphatic carbocycles. The fourth-order valence-electron chi connectivity index (χ4n) is 7.65. The van der Waals surface area contributed by atoms with E-state index in [0.29, 0.717) is 0 Å². The Hall–Kier alpha value is -3.02. The SMILES string of the molecule is C[C@@H]1C[C@@H]2C(=C3[C@@H]([C@@H]4C=C[C@@H]3[C@H]3C(=O)OC(=O)[C@H]43)[C@H]3C(=O)OC(=O)[C@@H]32)c2ccccc21. The number of cyclic esters (lactones) is 4. The van der Waals surface area contributed by atoms with Crippen LogP contribution in [0.3, 0.4) is 0 Å². The fourth-order valence-corrected chi connectivity index (χ4v) is 7.65. The lowest BCUT2D eigenvalue weighted by molar-refractivity contribution is -0.156. The van der Waals surface area contributed by atoms with Crippen LogP contribution in [-0.2, 0) is 28.7 Å². The monoisotopic (exact) mass is 416 g/mol. The number of carbonyl (C=O) groups excluding carboxylic acids is 4. The molecule has 7 aliphatic rings. The maximum absolute atomic E-state index is 12.9. The molecule has 0 unspecified atom stereocenters. The number of fused-ring (bicyclic) bond motifs is 5. The van der Waals surface area contributed by atoms with E-state index in [1.54, 1.807) is 0 Å². The maximum atomic E-state index is 12.9. The van der Waals surface area contributed by atoms with E-state index in [9.17, 15) is 19.2 Å². The van der Waals surface area contributed by atoms with Crippen molar-refractivity contribution in [2.75, 3.05) is 0 Å². The molecule has 3 fully saturated rings. The first-order chi connectivity index (χ1) is 15.0. The van der Waals surface area contributed by atoms with Crippen molar-refractivity contribution in [2.24, 2.45) is 47.3 Å². The predicted octanol–water partition coefficient (Wildman–Crippen LogP) is 2.64. The number of hydrogen-bond acceptors (Lipinski definition) is 6. The van der Waals surface area contributed by atoms with Crippen LogP contribution in [0, 0.1) is 47.3 Å². The minimum Gasteiger partial charge on any atom is -0.393 e. The number of hydrogen-bond donors (Lipinski definition) is 0. The van der Waals surface area contributed by atoms with Crippen LogP contribution in [0.15, 0.2) is 42.0 Å². The van der Waals surface area contributed by atoms with Gasteiger partial charge in [0, 0.05) is 11.8 Å². The second kappa shape index (κ2) is 5.61. The van der Waals surface area contributed by atoms with E-state index in [0.717, 1.165) is 23.1 Å². The van der Waals surface area contributed by atoms with Gasteiger partial charge in [-0.25, -0.2) is 0 Å². The molecule has 2 aliphatic heterocycles. The highest BCUT2D eigenvalue weighted by atomic mass is 16.6. The first kappa shape index (κ1) is 17.6. The first-order valence-corrected chi connectivity index (χ1v) is 11.0. The summed E-state index contributed by atoms with van der Waals surface area (Å²) in [5, 5.41) is 0. The van der Waals surface area contributed by atoms with Gasteiger partial charge in [0.1, 0.15) is 0 Å². The second-order valence-electron chi connectivity index (χ2n) is 9.80. The van der Waals surface area contributed by atoms with E-state index in [2.05, 4.69) is 19.1 Å². The van der Waals surface area contributed by atoms with Gasteiger partial charge in [-0.2, -0.15) is 0 Å². The van der Waals surface area contributed by atoms with Crippen LogP contribution in [0.5, 0.6) is 0 Å². The third-order valence-corrected chi connectivity index (χ3v) is 8.63. The van der Waals surface area contributed by atoms with E-state index >= 15 is 0 Å². The Morgan fingerprint density at radius 3 is 2.26 bits per heavy atom. The lowest BCUT2D eigenvalue weighted by Crippen LogP contribution is -2.53. The average molecular weight is 416 g/mol. The van der Waals surface area contributed by atoms with Gasteiger partial charge in [0.05, 0.1) is 23.7 Å². The quantitative estimate of drug-likeness (QED) is 0.367. The van der Waals surface area contributed by atoms with Crippen molar-refractivity contribution in [3.8, 4) is 0 Å². The van der Waals surface area contributed by atoms with Crippen molar-refractivity contribution in [1.29, 1.82) is 0 Å². The highest BCUT2D eigenvalue weighted by Gasteiger charge is 2.68. The Kier molecular flexibility index (Phi) is 3.19. The lowest BCUT2D eigenvalue weighted by Gasteiger charge is -2.54. The Labute approximate surface area is 178 Å². The number of benzene rings is 1. The van der Waals surface area contributed by atoms with Crippen molar-refractivity contribution < 1.29 is 28.7 Å². The van der Waals surface area contributed by atoms with Crippen LogP contribution in [0.1, 0.15) is 30.4 Å². The lowest BCUT2D eigenvalue weighted by atomic mass is 9.46. The molecule has 6 heteroatoms. The minimum absolute atomic E-state index is 0.126. The largest absolute Gasteiger partial charge is 0.393 e. The summed E-state index contributed by atoms with van der Waals surface area (Å²) in [4.78, 5) is 51.0. The molecule has 156 valence electrons. The summed E-state index contributed by atoms with van der Waals surface area (Å²) in [7, 11) is 0. The van der Waals surface area contributed by atoms with Gasteiger partial charge < -0.3 is 9.47 Å². The van der Waals surface area contributed by atoms with E-state index in [1.165, 1.54) is 5.56 Å². The highest BCUT2D eigenvalue weighted by molar-refractivity contribution is 6.02. The first-order valence-electron chi connectivity index (χ1n) is 11.0. The smallest absolute Gasteiger partial charge is 0.318 e. The van der Waals surface area contributed by atoms with Crippen LogP contribution < -0.4 is 0 Å². The van der Waals surface area contributed by atoms with Crippen LogP contribution >= 0.6 is 0 Å². The zero-order valence-corrected chi connectivity index (χ0v) is 16.8. The molecule has 2 heterocycles. The highest BCUT2D eigenvalue weighted by Crippen LogP contribution is 2.66. The summed E-state index contributed by atoms with van der Waals surface area (Å²) in [5.74, 6) is -5.00. The second-order valence-corrected chi connectivity index (χ2v) is 9.80. The van der Waals surface area contributed by atoms with Crippen molar-refractivity contribution in [2.45, 2.75) is 19.3 Å². The number of carbonyl (C=O) groups is 4. The van der Waals surface area contributed by atoms with Crippen LogP contribution in [0.4, 0.5) is 0 Å². The van der Waals surface area contributed by atoms with Gasteiger partial charge in [-0.3, -0.25) is 19.2 Å². The molecular weight excluding hydrogens is 396 g/mol. The van der Waals surface area contributed by atoms with Gasteiger partial charge in [-0.15, -0.1) is 0 Å². The molecule has 31 heavy (non-hydrogen) atoms. The van der Waals surface area contributed by atoms with Crippen molar-refractivity contribution in [3.63, 3.8) is 0 Å². The number of rotatable bonds is 0. The van der Waals surface area contributed by atoms with Crippen molar-refractivity contribution in [3.05, 3.63) is 53.1 Å². The Morgan fingerprint density at radius 2 is 1.45 bits per heavy atom. The number of ether oxygens (including phenoxy) is 2. The molecule has 2 saturated heterocycles. The average Bonchev–Trinajstić information content (AvgIpc) is 3.24. The molecule has 9 atom stereocenters. The van der Waals surface area contributed by atoms with E-state index < -0.39 is 47.5 Å². The Balaban J connectivity index is 1.55. The minimum atomic E-state index is -0.601. The standard InChI is InChI=1S/C25H20O6/c1-9-8-14-15(11-5-3-2-4-10(9)11)16-12-6-7-13(19-18(12)22(26)30-23(19)27)17(16)21-20(14)24(28)31-25(21)29/h2-7,9,12-14,17-21H,8H2,1H3/t9-,12+,13+,14-,17-,18-,19-,20-,21-/m1/s1. The Morgan fingerprint density at radius 1 is 0.774 bits per heavy atom. The predicted molar refractivity (Wildman–Crippen MR) is 106 cm³/mol. The van der Waals surface area contributed by atoms with Crippen LogP contribution in [-0.4, -0.2) is 23.9 Å². The molecular formula is C25H20O6. The molecule has 1 saturated carbocycles. The van der Waals surface area contributed by atoms with Gasteiger partial charge >= 0.3 is 23.9 Å². The van der Waals surface area contributed by atoms with Gasteiger partial charge in [0.2, 0.25) is 0 Å². The molecule has 0 radical (unpaired) electrons. The molecule has 2 bridgehead atoms. The topological polar surface area (TPSA) is 86.7 Å². The van der Waals surface area contributed by atoms with E-state index in [4.69, 9.17) is 9.47 Å². The van der Waals surface area contributed by atoms with Crippen LogP contribution in [0.25, 0.3) is 5.57 Å². The molecule has 0 N–H and O–H groups in total. The molecule has 0 amide bonds. The summed E-state index contributed by atoms with van der Waals surface area (Å²) in [6.45, 7) is 2.15. The summed E-state index contributed by atoms with van der Waals surface area (Å²) >= 11 is 0. The van der Waals surface area contributed by atoms with Gasteiger partial charge in [-0.05, 0) is 40.9 Å². The molecule has 8 rings (SSSR count). The third-order valence-electron chi connectivity index (χ3n) is 8.63. The molecule has 1 aromatic rings. The van der Waals surface area contributed by atoms with Crippen molar-refractivity contribution in [1.82, 2.24) is 0 Å². The summed E-state index contributed by atoms with van der Waals surface area (Å²) in [5.41, 5.74) is 4.48. The molecule has 0 aromatic heterocycles. The van der Waals surface area contributed by atoms with Crippen LogP contribution in [0.2, 0.25) is 0 Å². The molecule has 0 spiro atoms. The summed E-state index contributed by atoms with van der Waals surface area (Å²) < 4.78 is 10.2. The third kappa shape index (κ3) is 1.95. The molecule has 6 nitrogen and oxygen atoms in total. The number of allylic oxidation sites excluding steroid dienone is 4. The maximum Gasteiger partial charge on any atom is 0.318 e. The Bertz CT molecular complexity index is 1170. The normalized spacial score (nSPS) is 43.7. The fraction of sp³-hybridized carbons (Fsp3) is 0.440. The van der Waals surface area contributed by atoms with Crippen molar-refractivity contribution >= 4 is 29.5 Å².